The number of rotatable bonds is 4. The van der Waals surface area contributed by atoms with Gasteiger partial charge in [-0.1, -0.05) is 46.3 Å². The van der Waals surface area contributed by atoms with Crippen LogP contribution < -0.4 is 5.32 Å². The van der Waals surface area contributed by atoms with E-state index in [4.69, 9.17) is 9.97 Å². The Morgan fingerprint density at radius 1 is 0.963 bits per heavy atom. The zero-order valence-electron chi connectivity index (χ0n) is 14.7. The molecular formula is C22H18BrN3S. The molecular weight excluding hydrogens is 418 g/mol. The molecule has 0 saturated carbocycles. The van der Waals surface area contributed by atoms with Crippen LogP contribution in [0.1, 0.15) is 28.2 Å². The van der Waals surface area contributed by atoms with Gasteiger partial charge >= 0.3 is 0 Å². The number of nitrogens with zero attached hydrogens (tertiary/aromatic N) is 2. The third-order valence-electron chi connectivity index (χ3n) is 4.92. The summed E-state index contributed by atoms with van der Waals surface area (Å²) >= 11 is 5.34. The number of hydrogen-bond donors (Lipinski definition) is 1. The number of thiophene rings is 1. The zero-order chi connectivity index (χ0) is 18.2. The van der Waals surface area contributed by atoms with Gasteiger partial charge in [0.05, 0.1) is 5.39 Å². The molecule has 2 heterocycles. The van der Waals surface area contributed by atoms with Gasteiger partial charge in [-0.05, 0) is 54.7 Å². The summed E-state index contributed by atoms with van der Waals surface area (Å²) in [5, 5.41) is 4.77. The van der Waals surface area contributed by atoms with Gasteiger partial charge < -0.3 is 5.32 Å². The summed E-state index contributed by atoms with van der Waals surface area (Å²) in [4.78, 5) is 12.4. The molecule has 0 saturated heterocycles. The van der Waals surface area contributed by atoms with Crippen molar-refractivity contribution < 1.29 is 0 Å². The molecule has 4 aromatic rings. The zero-order valence-corrected chi connectivity index (χ0v) is 17.1. The Morgan fingerprint density at radius 3 is 2.59 bits per heavy atom. The minimum Gasteiger partial charge on any atom is -0.340 e. The van der Waals surface area contributed by atoms with Gasteiger partial charge in [0.25, 0.3) is 0 Å². The number of fused-ring (bicyclic) bond motifs is 3. The maximum absolute atomic E-state index is 4.94. The van der Waals surface area contributed by atoms with Crippen molar-refractivity contribution in [3.8, 4) is 0 Å². The first-order chi connectivity index (χ1) is 13.3. The maximum Gasteiger partial charge on any atom is 0.143 e. The van der Waals surface area contributed by atoms with Crippen molar-refractivity contribution in [3.05, 3.63) is 80.9 Å². The van der Waals surface area contributed by atoms with Crippen LogP contribution in [0.3, 0.4) is 0 Å². The number of nitrogens with one attached hydrogen (secondary N) is 1. The summed E-state index contributed by atoms with van der Waals surface area (Å²) in [6, 6.07) is 18.7. The third kappa shape index (κ3) is 3.37. The summed E-state index contributed by atoms with van der Waals surface area (Å²) in [7, 11) is 0. The summed E-state index contributed by atoms with van der Waals surface area (Å²) in [5.74, 6) is 1.81. The quantitative estimate of drug-likeness (QED) is 0.409. The largest absolute Gasteiger partial charge is 0.340 e. The highest BCUT2D eigenvalue weighted by Gasteiger charge is 2.22. The van der Waals surface area contributed by atoms with Gasteiger partial charge in [0.2, 0.25) is 0 Å². The van der Waals surface area contributed by atoms with Gasteiger partial charge in [-0.15, -0.1) is 11.3 Å². The van der Waals surface area contributed by atoms with Crippen LogP contribution in [0.5, 0.6) is 0 Å². The lowest BCUT2D eigenvalue weighted by Gasteiger charge is -2.10. The van der Waals surface area contributed by atoms with E-state index in [1.165, 1.54) is 34.2 Å². The van der Waals surface area contributed by atoms with Crippen molar-refractivity contribution in [3.63, 3.8) is 0 Å². The maximum atomic E-state index is 4.94. The predicted octanol–water partition coefficient (Wildman–Crippen LogP) is 6.28. The van der Waals surface area contributed by atoms with Crippen LogP contribution in [-0.4, -0.2) is 9.97 Å². The minimum absolute atomic E-state index is 0.744. The highest BCUT2D eigenvalue weighted by Crippen LogP contribution is 2.40. The van der Waals surface area contributed by atoms with Gasteiger partial charge in [0.1, 0.15) is 16.5 Å². The molecule has 5 heteroatoms. The predicted molar refractivity (Wildman–Crippen MR) is 116 cm³/mol. The van der Waals surface area contributed by atoms with E-state index in [2.05, 4.69) is 57.6 Å². The molecule has 134 valence electrons. The second kappa shape index (κ2) is 7.06. The van der Waals surface area contributed by atoms with Crippen molar-refractivity contribution in [2.45, 2.75) is 25.7 Å². The molecule has 0 atom stereocenters. The van der Waals surface area contributed by atoms with Crippen molar-refractivity contribution in [1.29, 1.82) is 0 Å². The summed E-state index contributed by atoms with van der Waals surface area (Å²) in [5.41, 5.74) is 3.72. The van der Waals surface area contributed by atoms with E-state index in [-0.39, 0.29) is 0 Å². The number of anilines is 2. The summed E-state index contributed by atoms with van der Waals surface area (Å²) < 4.78 is 1.07. The highest BCUT2D eigenvalue weighted by atomic mass is 79.9. The number of aryl methyl sites for hydroxylation is 2. The van der Waals surface area contributed by atoms with Crippen LogP contribution >= 0.6 is 27.3 Å². The van der Waals surface area contributed by atoms with Gasteiger partial charge in [-0.3, -0.25) is 0 Å². The Morgan fingerprint density at radius 2 is 1.78 bits per heavy atom. The molecule has 0 unspecified atom stereocenters. The second-order valence-electron chi connectivity index (χ2n) is 6.82. The molecule has 3 nitrogen and oxygen atoms in total. The summed E-state index contributed by atoms with van der Waals surface area (Å²) in [6.45, 7) is 0. The van der Waals surface area contributed by atoms with Gasteiger partial charge in [-0.2, -0.15) is 0 Å². The monoisotopic (exact) mass is 435 g/mol. The van der Waals surface area contributed by atoms with Crippen LogP contribution in [0.15, 0.2) is 59.1 Å². The first-order valence-corrected chi connectivity index (χ1v) is 10.7. The van der Waals surface area contributed by atoms with Crippen LogP contribution in [0.25, 0.3) is 10.2 Å². The second-order valence-corrected chi connectivity index (χ2v) is 8.82. The Hall–Kier alpha value is -2.24. The normalized spacial score (nSPS) is 13.1. The molecule has 1 aliphatic rings. The first-order valence-electron chi connectivity index (χ1n) is 9.14. The number of aromatic nitrogens is 2. The van der Waals surface area contributed by atoms with Crippen molar-refractivity contribution in [2.75, 3.05) is 5.32 Å². The Bertz CT molecular complexity index is 1100. The van der Waals surface area contributed by atoms with E-state index in [0.717, 1.165) is 39.5 Å². The SMILES string of the molecule is Brc1ccc(Nc2nc(Cc3ccccc3)nc3sc4c(c23)CCC4)cc1. The van der Waals surface area contributed by atoms with Crippen LogP contribution in [-0.2, 0) is 19.3 Å². The van der Waals surface area contributed by atoms with Crippen LogP contribution in [0, 0.1) is 0 Å². The van der Waals surface area contributed by atoms with Crippen LogP contribution in [0.4, 0.5) is 11.5 Å². The van der Waals surface area contributed by atoms with E-state index < -0.39 is 0 Å². The third-order valence-corrected chi connectivity index (χ3v) is 6.64. The van der Waals surface area contributed by atoms with E-state index in [1.54, 1.807) is 0 Å². The smallest absolute Gasteiger partial charge is 0.143 e. The average Bonchev–Trinajstić information content (AvgIpc) is 3.25. The molecule has 1 N–H and O–H groups in total. The fourth-order valence-corrected chi connectivity index (χ4v) is 5.20. The Kier molecular flexibility index (Phi) is 4.42. The van der Waals surface area contributed by atoms with Gasteiger partial charge in [0, 0.05) is 21.5 Å². The average molecular weight is 436 g/mol. The number of hydrogen-bond acceptors (Lipinski definition) is 4. The van der Waals surface area contributed by atoms with Crippen molar-refractivity contribution in [1.82, 2.24) is 9.97 Å². The Labute approximate surface area is 170 Å². The molecule has 0 fully saturated rings. The van der Waals surface area contributed by atoms with Crippen molar-refractivity contribution >= 4 is 49.0 Å². The van der Waals surface area contributed by atoms with Gasteiger partial charge in [0.15, 0.2) is 0 Å². The van der Waals surface area contributed by atoms with E-state index >= 15 is 0 Å². The fourth-order valence-electron chi connectivity index (χ4n) is 3.66. The molecule has 0 amide bonds. The molecule has 0 aliphatic heterocycles. The van der Waals surface area contributed by atoms with E-state index in [0.29, 0.717) is 0 Å². The fraction of sp³-hybridized carbons (Fsp3) is 0.182. The molecule has 0 bridgehead atoms. The Balaban J connectivity index is 1.60. The highest BCUT2D eigenvalue weighted by molar-refractivity contribution is 9.10. The van der Waals surface area contributed by atoms with Crippen LogP contribution in [0.2, 0.25) is 0 Å². The van der Waals surface area contributed by atoms with Crippen molar-refractivity contribution in [2.24, 2.45) is 0 Å². The van der Waals surface area contributed by atoms with Gasteiger partial charge in [-0.25, -0.2) is 9.97 Å². The summed E-state index contributed by atoms with van der Waals surface area (Å²) in [6.07, 6.45) is 4.28. The molecule has 2 aromatic carbocycles. The topological polar surface area (TPSA) is 37.8 Å². The lowest BCUT2D eigenvalue weighted by atomic mass is 10.1. The number of benzene rings is 2. The lowest BCUT2D eigenvalue weighted by Crippen LogP contribution is -2.02. The molecule has 27 heavy (non-hydrogen) atoms. The lowest BCUT2D eigenvalue weighted by molar-refractivity contribution is 0.916. The molecule has 2 aromatic heterocycles. The standard InChI is InChI=1S/C22H18BrN3S/c23-15-9-11-16(12-10-15)24-21-20-17-7-4-8-18(17)27-22(20)26-19(25-21)13-14-5-2-1-3-6-14/h1-3,5-6,9-12H,4,7-8,13H2,(H,24,25,26). The van der Waals surface area contributed by atoms with E-state index in [1.807, 2.05) is 29.5 Å². The van der Waals surface area contributed by atoms with E-state index in [9.17, 15) is 0 Å². The molecule has 0 spiro atoms. The number of halogens is 1. The minimum atomic E-state index is 0.744. The molecule has 5 rings (SSSR count). The first kappa shape index (κ1) is 16.9. The molecule has 1 aliphatic carbocycles. The molecule has 0 radical (unpaired) electrons.